The Morgan fingerprint density at radius 2 is 2.25 bits per heavy atom. The van der Waals surface area contributed by atoms with E-state index in [2.05, 4.69) is 0 Å². The highest BCUT2D eigenvalue weighted by molar-refractivity contribution is 4.74. The average molecular weight is 175 g/mol. The van der Waals surface area contributed by atoms with Crippen molar-refractivity contribution in [1.29, 1.82) is 0 Å². The van der Waals surface area contributed by atoms with Gasteiger partial charge in [-0.25, -0.2) is 0 Å². The van der Waals surface area contributed by atoms with E-state index in [0.29, 0.717) is 19.7 Å². The van der Waals surface area contributed by atoms with Crippen LogP contribution in [0.25, 0.3) is 0 Å². The van der Waals surface area contributed by atoms with Crippen molar-refractivity contribution in [1.82, 2.24) is 4.90 Å². The number of ether oxygens (including phenoxy) is 1. The smallest absolute Gasteiger partial charge is 0.167 e. The highest BCUT2D eigenvalue weighted by Crippen LogP contribution is 2.08. The summed E-state index contributed by atoms with van der Waals surface area (Å²) in [5.74, 6) is 0. The van der Waals surface area contributed by atoms with Crippen LogP contribution in [0, 0.1) is 0 Å². The average Bonchev–Trinajstić information content (AvgIpc) is 1.82. The SMILES string of the molecule is CC(C)(O)CN1CCOC(O)C1. The Balaban J connectivity index is 2.32. The molecule has 1 atom stereocenters. The molecule has 0 aromatic heterocycles. The molecule has 4 nitrogen and oxygen atoms in total. The van der Waals surface area contributed by atoms with Gasteiger partial charge in [-0.05, 0) is 13.8 Å². The van der Waals surface area contributed by atoms with Gasteiger partial charge in [0.1, 0.15) is 0 Å². The number of aliphatic hydroxyl groups excluding tert-OH is 1. The second kappa shape index (κ2) is 3.70. The minimum Gasteiger partial charge on any atom is -0.389 e. The van der Waals surface area contributed by atoms with Gasteiger partial charge in [-0.1, -0.05) is 0 Å². The first-order valence-corrected chi connectivity index (χ1v) is 4.22. The molecule has 1 fully saturated rings. The van der Waals surface area contributed by atoms with Gasteiger partial charge in [0.15, 0.2) is 6.29 Å². The van der Waals surface area contributed by atoms with Crippen LogP contribution in [-0.2, 0) is 4.74 Å². The zero-order valence-corrected chi connectivity index (χ0v) is 7.66. The topological polar surface area (TPSA) is 52.9 Å². The third-order valence-corrected chi connectivity index (χ3v) is 1.74. The Morgan fingerprint density at radius 1 is 1.58 bits per heavy atom. The Hall–Kier alpha value is -0.160. The maximum Gasteiger partial charge on any atom is 0.167 e. The van der Waals surface area contributed by atoms with Crippen LogP contribution >= 0.6 is 0 Å². The Bertz CT molecular complexity index is 144. The van der Waals surface area contributed by atoms with Crippen LogP contribution in [-0.4, -0.2) is 53.2 Å². The lowest BCUT2D eigenvalue weighted by Crippen LogP contribution is -2.48. The highest BCUT2D eigenvalue weighted by Gasteiger charge is 2.23. The van der Waals surface area contributed by atoms with Crippen LogP contribution in [0.4, 0.5) is 0 Å². The van der Waals surface area contributed by atoms with Crippen LogP contribution in [0.2, 0.25) is 0 Å². The van der Waals surface area contributed by atoms with Crippen molar-refractivity contribution in [3.8, 4) is 0 Å². The van der Waals surface area contributed by atoms with Crippen LogP contribution in [0.5, 0.6) is 0 Å². The summed E-state index contributed by atoms with van der Waals surface area (Å²) in [6.45, 7) is 5.90. The van der Waals surface area contributed by atoms with E-state index < -0.39 is 11.9 Å². The first-order valence-electron chi connectivity index (χ1n) is 4.22. The van der Waals surface area contributed by atoms with Gasteiger partial charge in [-0.2, -0.15) is 0 Å². The Kier molecular flexibility index (Phi) is 3.06. The highest BCUT2D eigenvalue weighted by atomic mass is 16.6. The van der Waals surface area contributed by atoms with Gasteiger partial charge in [0.25, 0.3) is 0 Å². The molecule has 72 valence electrons. The van der Waals surface area contributed by atoms with Gasteiger partial charge in [-0.15, -0.1) is 0 Å². The molecule has 0 amide bonds. The molecule has 2 N–H and O–H groups in total. The van der Waals surface area contributed by atoms with Crippen molar-refractivity contribution >= 4 is 0 Å². The molecule has 0 aromatic rings. The predicted molar refractivity (Wildman–Crippen MR) is 44.7 cm³/mol. The summed E-state index contributed by atoms with van der Waals surface area (Å²) in [4.78, 5) is 1.99. The van der Waals surface area contributed by atoms with E-state index in [1.807, 2.05) is 4.90 Å². The van der Waals surface area contributed by atoms with E-state index in [1.165, 1.54) is 0 Å². The molecule has 1 aliphatic heterocycles. The second-order valence-electron chi connectivity index (χ2n) is 3.87. The summed E-state index contributed by atoms with van der Waals surface area (Å²) in [6, 6.07) is 0. The fourth-order valence-electron chi connectivity index (χ4n) is 1.37. The standard InChI is InChI=1S/C8H17NO3/c1-8(2,11)6-9-3-4-12-7(10)5-9/h7,10-11H,3-6H2,1-2H3. The molecule has 0 aliphatic carbocycles. The van der Waals surface area contributed by atoms with Crippen LogP contribution in [0.15, 0.2) is 0 Å². The summed E-state index contributed by atoms with van der Waals surface area (Å²) in [5, 5.41) is 18.6. The van der Waals surface area contributed by atoms with Crippen molar-refractivity contribution in [2.45, 2.75) is 25.7 Å². The molecular weight excluding hydrogens is 158 g/mol. The van der Waals surface area contributed by atoms with Gasteiger partial charge in [0.05, 0.1) is 12.2 Å². The number of β-amino-alcohol motifs (C(OH)–C–C–N with tert-alkyl or cyclic N) is 2. The van der Waals surface area contributed by atoms with Crippen molar-refractivity contribution < 1.29 is 14.9 Å². The molecule has 0 saturated carbocycles. The Labute approximate surface area is 72.7 Å². The maximum atomic E-state index is 9.49. The normalized spacial score (nSPS) is 27.5. The van der Waals surface area contributed by atoms with Gasteiger partial charge in [-0.3, -0.25) is 4.90 Å². The predicted octanol–water partition coefficient (Wildman–Crippen LogP) is -0.592. The molecule has 0 bridgehead atoms. The van der Waals surface area contributed by atoms with Gasteiger partial charge >= 0.3 is 0 Å². The Morgan fingerprint density at radius 3 is 2.75 bits per heavy atom. The number of nitrogens with zero attached hydrogens (tertiary/aromatic N) is 1. The number of morpholine rings is 1. The number of aliphatic hydroxyl groups is 2. The maximum absolute atomic E-state index is 9.49. The number of hydrogen-bond acceptors (Lipinski definition) is 4. The van der Waals surface area contributed by atoms with Crippen molar-refractivity contribution in [2.75, 3.05) is 26.2 Å². The molecule has 1 heterocycles. The molecular formula is C8H17NO3. The quantitative estimate of drug-likeness (QED) is 0.589. The molecule has 1 unspecified atom stereocenters. The zero-order valence-electron chi connectivity index (χ0n) is 7.66. The first kappa shape index (κ1) is 9.92. The molecule has 1 aliphatic rings. The summed E-state index contributed by atoms with van der Waals surface area (Å²) in [5.41, 5.74) is -0.697. The van der Waals surface area contributed by atoms with E-state index in [0.717, 1.165) is 6.54 Å². The fourth-order valence-corrected chi connectivity index (χ4v) is 1.37. The minimum absolute atomic E-state index is 0.490. The lowest BCUT2D eigenvalue weighted by atomic mass is 10.1. The fraction of sp³-hybridized carbons (Fsp3) is 1.00. The molecule has 0 radical (unpaired) electrons. The first-order chi connectivity index (χ1) is 5.47. The van der Waals surface area contributed by atoms with E-state index in [1.54, 1.807) is 13.8 Å². The molecule has 12 heavy (non-hydrogen) atoms. The van der Waals surface area contributed by atoms with Gasteiger partial charge < -0.3 is 14.9 Å². The monoisotopic (exact) mass is 175 g/mol. The number of rotatable bonds is 2. The van der Waals surface area contributed by atoms with Crippen molar-refractivity contribution in [3.63, 3.8) is 0 Å². The lowest BCUT2D eigenvalue weighted by Gasteiger charge is -2.33. The lowest BCUT2D eigenvalue weighted by molar-refractivity contribution is -0.153. The third kappa shape index (κ3) is 3.49. The van der Waals surface area contributed by atoms with Crippen LogP contribution in [0.1, 0.15) is 13.8 Å². The second-order valence-corrected chi connectivity index (χ2v) is 3.87. The van der Waals surface area contributed by atoms with Crippen LogP contribution in [0.3, 0.4) is 0 Å². The largest absolute Gasteiger partial charge is 0.389 e. The zero-order chi connectivity index (χ0) is 9.19. The van der Waals surface area contributed by atoms with Gasteiger partial charge in [0, 0.05) is 19.6 Å². The van der Waals surface area contributed by atoms with Crippen LogP contribution < -0.4 is 0 Å². The summed E-state index contributed by atoms with van der Waals surface area (Å²) in [7, 11) is 0. The molecule has 0 spiro atoms. The van der Waals surface area contributed by atoms with E-state index in [9.17, 15) is 5.11 Å². The molecule has 0 aromatic carbocycles. The van der Waals surface area contributed by atoms with Crippen molar-refractivity contribution in [3.05, 3.63) is 0 Å². The van der Waals surface area contributed by atoms with Crippen molar-refractivity contribution in [2.24, 2.45) is 0 Å². The van der Waals surface area contributed by atoms with E-state index in [4.69, 9.17) is 9.84 Å². The summed E-state index contributed by atoms with van der Waals surface area (Å²) >= 11 is 0. The summed E-state index contributed by atoms with van der Waals surface area (Å²) < 4.78 is 4.95. The number of hydrogen-bond donors (Lipinski definition) is 2. The van der Waals surface area contributed by atoms with Gasteiger partial charge in [0.2, 0.25) is 0 Å². The minimum atomic E-state index is -0.697. The third-order valence-electron chi connectivity index (χ3n) is 1.74. The molecule has 4 heteroatoms. The van der Waals surface area contributed by atoms with E-state index in [-0.39, 0.29) is 0 Å². The molecule has 1 saturated heterocycles. The molecule has 1 rings (SSSR count). The summed E-state index contributed by atoms with van der Waals surface area (Å²) in [6.07, 6.45) is -0.693. The van der Waals surface area contributed by atoms with E-state index >= 15 is 0 Å².